The van der Waals surface area contributed by atoms with Gasteiger partial charge in [0, 0.05) is 13.0 Å². The number of nitrogens with zero attached hydrogens (tertiary/aromatic N) is 1. The molecule has 0 bridgehead atoms. The Balaban J connectivity index is 2.13. The number of nitrogens with one attached hydrogen (secondary N) is 1. The van der Waals surface area contributed by atoms with Gasteiger partial charge in [0.15, 0.2) is 0 Å². The molecule has 1 aromatic carbocycles. The number of carbonyl (C=O) groups excluding carboxylic acids is 2. The average molecular weight is 522 g/mol. The Morgan fingerprint density at radius 3 is 2.41 bits per heavy atom. The van der Waals surface area contributed by atoms with Gasteiger partial charge < -0.3 is 19.1 Å². The van der Waals surface area contributed by atoms with Crippen LogP contribution in [-0.4, -0.2) is 52.3 Å². The standard InChI is InChI=1S/C19H22Cl3F3N2O5/c1-17(2,3)32-16(29)27-7-6-12(9-27)31-14-5-4-11(19(23,24)25)8-13(14)26-15(28)30-10-18(20,21)22/h4-5,8,12H,6-7,9-10H2,1-3H3,(H,26,28)/t12-/m0/s1. The summed E-state index contributed by atoms with van der Waals surface area (Å²) in [5.41, 5.74) is -1.97. The Hall–Kier alpha value is -1.78. The van der Waals surface area contributed by atoms with E-state index in [4.69, 9.17) is 49.0 Å². The van der Waals surface area contributed by atoms with Crippen LogP contribution in [0.1, 0.15) is 32.8 Å². The summed E-state index contributed by atoms with van der Waals surface area (Å²) < 4.78 is 53.3. The van der Waals surface area contributed by atoms with Crippen LogP contribution in [0.15, 0.2) is 18.2 Å². The van der Waals surface area contributed by atoms with Crippen LogP contribution in [0.3, 0.4) is 0 Å². The summed E-state index contributed by atoms with van der Waals surface area (Å²) in [6.45, 7) is 5.08. The second-order valence-electron chi connectivity index (χ2n) is 7.98. The zero-order valence-corrected chi connectivity index (χ0v) is 19.7. The number of likely N-dealkylation sites (tertiary alicyclic amines) is 1. The Bertz CT molecular complexity index is 841. The van der Waals surface area contributed by atoms with Crippen molar-refractivity contribution in [2.75, 3.05) is 25.0 Å². The molecule has 1 saturated heterocycles. The molecule has 0 saturated carbocycles. The van der Waals surface area contributed by atoms with Gasteiger partial charge in [-0.3, -0.25) is 5.32 Å². The number of carbonyl (C=O) groups is 2. The van der Waals surface area contributed by atoms with E-state index < -0.39 is 46.0 Å². The van der Waals surface area contributed by atoms with Crippen LogP contribution in [0.2, 0.25) is 0 Å². The average Bonchev–Trinajstić information content (AvgIpc) is 3.07. The Kier molecular flexibility index (Phi) is 8.28. The highest BCUT2D eigenvalue weighted by Crippen LogP contribution is 2.36. The first-order valence-electron chi connectivity index (χ1n) is 9.40. The first-order valence-corrected chi connectivity index (χ1v) is 10.5. The fourth-order valence-electron chi connectivity index (χ4n) is 2.70. The van der Waals surface area contributed by atoms with Gasteiger partial charge in [-0.2, -0.15) is 13.2 Å². The fraction of sp³-hybridized carbons (Fsp3) is 0.579. The maximum absolute atomic E-state index is 13.1. The third kappa shape index (κ3) is 8.63. The first kappa shape index (κ1) is 26.5. The van der Waals surface area contributed by atoms with E-state index in [1.807, 2.05) is 0 Å². The number of alkyl halides is 6. The lowest BCUT2D eigenvalue weighted by Crippen LogP contribution is -2.36. The van der Waals surface area contributed by atoms with E-state index >= 15 is 0 Å². The molecular formula is C19H22Cl3F3N2O5. The number of rotatable bonds is 4. The van der Waals surface area contributed by atoms with Gasteiger partial charge in [0.1, 0.15) is 24.1 Å². The number of hydrogen-bond acceptors (Lipinski definition) is 5. The highest BCUT2D eigenvalue weighted by molar-refractivity contribution is 6.67. The van der Waals surface area contributed by atoms with Crippen LogP contribution in [0.25, 0.3) is 0 Å². The minimum absolute atomic E-state index is 0.0418. The van der Waals surface area contributed by atoms with Crippen LogP contribution in [0.4, 0.5) is 28.4 Å². The van der Waals surface area contributed by atoms with Crippen LogP contribution in [0, 0.1) is 0 Å². The molecule has 0 spiro atoms. The molecular weight excluding hydrogens is 500 g/mol. The Morgan fingerprint density at radius 2 is 1.84 bits per heavy atom. The topological polar surface area (TPSA) is 77.1 Å². The van der Waals surface area contributed by atoms with Crippen molar-refractivity contribution in [3.8, 4) is 5.75 Å². The predicted molar refractivity (Wildman–Crippen MR) is 114 cm³/mol. The number of anilines is 1. The minimum Gasteiger partial charge on any atom is -0.486 e. The molecule has 1 aliphatic rings. The molecule has 0 aliphatic carbocycles. The Morgan fingerprint density at radius 1 is 1.19 bits per heavy atom. The van der Waals surface area contributed by atoms with Crippen molar-refractivity contribution >= 4 is 52.7 Å². The van der Waals surface area contributed by atoms with Crippen molar-refractivity contribution in [3.05, 3.63) is 23.8 Å². The molecule has 2 amide bonds. The van der Waals surface area contributed by atoms with E-state index in [1.54, 1.807) is 20.8 Å². The largest absolute Gasteiger partial charge is 0.486 e. The van der Waals surface area contributed by atoms with Gasteiger partial charge in [-0.15, -0.1) is 0 Å². The summed E-state index contributed by atoms with van der Waals surface area (Å²) in [5, 5.41) is 2.17. The molecule has 0 unspecified atom stereocenters. The smallest absolute Gasteiger partial charge is 0.416 e. The normalized spacial score (nSPS) is 17.2. The monoisotopic (exact) mass is 520 g/mol. The van der Waals surface area contributed by atoms with Crippen LogP contribution in [0.5, 0.6) is 5.75 Å². The lowest BCUT2D eigenvalue weighted by Gasteiger charge is -2.24. The molecule has 1 fully saturated rings. The number of benzene rings is 1. The fourth-order valence-corrected chi connectivity index (χ4v) is 2.86. The van der Waals surface area contributed by atoms with E-state index in [9.17, 15) is 22.8 Å². The quantitative estimate of drug-likeness (QED) is 0.491. The summed E-state index contributed by atoms with van der Waals surface area (Å²) >= 11 is 16.5. The molecule has 1 atom stereocenters. The molecule has 13 heteroatoms. The molecule has 1 N–H and O–H groups in total. The lowest BCUT2D eigenvalue weighted by molar-refractivity contribution is -0.137. The predicted octanol–water partition coefficient (Wildman–Crippen LogP) is 6.01. The molecule has 0 radical (unpaired) electrons. The number of amides is 2. The van der Waals surface area contributed by atoms with Gasteiger partial charge in [0.05, 0.1) is 17.8 Å². The number of halogens is 6. The van der Waals surface area contributed by atoms with Crippen molar-refractivity contribution in [2.24, 2.45) is 0 Å². The van der Waals surface area contributed by atoms with Crippen molar-refractivity contribution < 1.29 is 37.0 Å². The lowest BCUT2D eigenvalue weighted by atomic mass is 10.1. The number of ether oxygens (including phenoxy) is 3. The summed E-state index contributed by atoms with van der Waals surface area (Å²) in [6.07, 6.45) is -6.43. The van der Waals surface area contributed by atoms with E-state index in [0.717, 1.165) is 12.1 Å². The summed E-state index contributed by atoms with van der Waals surface area (Å²) in [7, 11) is 0. The SMILES string of the molecule is CC(C)(C)OC(=O)N1CC[C@H](Oc2ccc(C(F)(F)F)cc2NC(=O)OCC(Cl)(Cl)Cl)C1. The van der Waals surface area contributed by atoms with Gasteiger partial charge in [-0.05, 0) is 39.0 Å². The van der Waals surface area contributed by atoms with Crippen molar-refractivity contribution in [1.82, 2.24) is 4.90 Å². The first-order chi connectivity index (χ1) is 14.5. The van der Waals surface area contributed by atoms with Crippen molar-refractivity contribution in [2.45, 2.75) is 48.9 Å². The van der Waals surface area contributed by atoms with Gasteiger partial charge >= 0.3 is 18.4 Å². The van der Waals surface area contributed by atoms with E-state index in [2.05, 4.69) is 5.32 Å². The van der Waals surface area contributed by atoms with Gasteiger partial charge in [0.2, 0.25) is 3.79 Å². The zero-order chi connectivity index (χ0) is 24.3. The van der Waals surface area contributed by atoms with Crippen molar-refractivity contribution in [3.63, 3.8) is 0 Å². The molecule has 0 aromatic heterocycles. The molecule has 2 rings (SSSR count). The molecule has 1 heterocycles. The Labute approximate surface area is 198 Å². The third-order valence-corrected chi connectivity index (χ3v) is 4.33. The van der Waals surface area contributed by atoms with Crippen LogP contribution >= 0.6 is 34.8 Å². The highest BCUT2D eigenvalue weighted by Gasteiger charge is 2.34. The van der Waals surface area contributed by atoms with Gasteiger partial charge in [-0.1, -0.05) is 34.8 Å². The second kappa shape index (κ2) is 10.0. The highest BCUT2D eigenvalue weighted by atomic mass is 35.6. The van der Waals surface area contributed by atoms with Gasteiger partial charge in [0.25, 0.3) is 0 Å². The third-order valence-electron chi connectivity index (χ3n) is 4.00. The summed E-state index contributed by atoms with van der Waals surface area (Å²) in [4.78, 5) is 25.6. The molecule has 1 aliphatic heterocycles. The molecule has 7 nitrogen and oxygen atoms in total. The minimum atomic E-state index is -4.66. The van der Waals surface area contributed by atoms with Crippen molar-refractivity contribution in [1.29, 1.82) is 0 Å². The summed E-state index contributed by atoms with van der Waals surface area (Å²) in [5.74, 6) is -0.0418. The molecule has 1 aromatic rings. The maximum atomic E-state index is 13.1. The van der Waals surface area contributed by atoms with Crippen LogP contribution < -0.4 is 10.1 Å². The van der Waals surface area contributed by atoms with E-state index in [-0.39, 0.29) is 18.0 Å². The van der Waals surface area contributed by atoms with E-state index in [0.29, 0.717) is 19.0 Å². The molecule has 180 valence electrons. The second-order valence-corrected chi connectivity index (χ2v) is 10.5. The van der Waals surface area contributed by atoms with Gasteiger partial charge in [-0.25, -0.2) is 9.59 Å². The summed E-state index contributed by atoms with van der Waals surface area (Å²) in [6, 6.07) is 2.59. The number of hydrogen-bond donors (Lipinski definition) is 1. The van der Waals surface area contributed by atoms with E-state index in [1.165, 1.54) is 4.90 Å². The van der Waals surface area contributed by atoms with Crippen LogP contribution in [-0.2, 0) is 15.7 Å². The molecule has 32 heavy (non-hydrogen) atoms. The maximum Gasteiger partial charge on any atom is 0.416 e. The zero-order valence-electron chi connectivity index (χ0n) is 17.4.